The summed E-state index contributed by atoms with van der Waals surface area (Å²) in [7, 11) is 0. The van der Waals surface area contributed by atoms with E-state index in [1.165, 1.54) is 0 Å². The first kappa shape index (κ1) is 12.1. The molecule has 1 fully saturated rings. The Kier molecular flexibility index (Phi) is 3.75. The highest BCUT2D eigenvalue weighted by Crippen LogP contribution is 2.10. The number of aliphatic hydroxyl groups is 1. The SMILES string of the molecule is Cc1cc(NC(=O)CN2CCC(O)CC2)no1. The molecule has 2 N–H and O–H groups in total. The molecule has 2 heterocycles. The molecule has 1 amide bonds. The van der Waals surface area contributed by atoms with Gasteiger partial charge in [-0.25, -0.2) is 0 Å². The van der Waals surface area contributed by atoms with Crippen LogP contribution in [0, 0.1) is 6.92 Å². The number of aryl methyl sites for hydroxylation is 1. The summed E-state index contributed by atoms with van der Waals surface area (Å²) in [5, 5.41) is 15.7. The number of carbonyl (C=O) groups excluding carboxylic acids is 1. The Balaban J connectivity index is 1.77. The van der Waals surface area contributed by atoms with E-state index in [-0.39, 0.29) is 12.0 Å². The van der Waals surface area contributed by atoms with Gasteiger partial charge in [-0.1, -0.05) is 5.16 Å². The lowest BCUT2D eigenvalue weighted by atomic mass is 10.1. The first-order valence-electron chi connectivity index (χ1n) is 5.77. The van der Waals surface area contributed by atoms with E-state index in [0.29, 0.717) is 18.1 Å². The number of piperidine rings is 1. The van der Waals surface area contributed by atoms with E-state index in [1.54, 1.807) is 13.0 Å². The fraction of sp³-hybridized carbons (Fsp3) is 0.636. The van der Waals surface area contributed by atoms with E-state index in [1.807, 2.05) is 4.90 Å². The van der Waals surface area contributed by atoms with Crippen LogP contribution in [0.2, 0.25) is 0 Å². The van der Waals surface area contributed by atoms with Gasteiger partial charge >= 0.3 is 0 Å². The first-order valence-corrected chi connectivity index (χ1v) is 5.77. The number of aromatic nitrogens is 1. The summed E-state index contributed by atoms with van der Waals surface area (Å²) in [4.78, 5) is 13.7. The summed E-state index contributed by atoms with van der Waals surface area (Å²) in [6.45, 7) is 3.62. The zero-order valence-corrected chi connectivity index (χ0v) is 9.85. The van der Waals surface area contributed by atoms with E-state index in [9.17, 15) is 9.90 Å². The highest BCUT2D eigenvalue weighted by Gasteiger charge is 2.19. The van der Waals surface area contributed by atoms with Crippen LogP contribution in [-0.2, 0) is 4.79 Å². The van der Waals surface area contributed by atoms with E-state index in [2.05, 4.69) is 10.5 Å². The number of nitrogens with zero attached hydrogens (tertiary/aromatic N) is 2. The summed E-state index contributed by atoms with van der Waals surface area (Å²) in [5.41, 5.74) is 0. The van der Waals surface area contributed by atoms with Gasteiger partial charge in [0.05, 0.1) is 12.6 Å². The number of hydrogen-bond donors (Lipinski definition) is 2. The maximum Gasteiger partial charge on any atom is 0.239 e. The fourth-order valence-corrected chi connectivity index (χ4v) is 1.89. The van der Waals surface area contributed by atoms with Crippen LogP contribution in [0.3, 0.4) is 0 Å². The molecule has 0 saturated carbocycles. The van der Waals surface area contributed by atoms with Crippen LogP contribution >= 0.6 is 0 Å². The summed E-state index contributed by atoms with van der Waals surface area (Å²) in [6, 6.07) is 1.68. The average Bonchev–Trinajstić information content (AvgIpc) is 2.67. The quantitative estimate of drug-likeness (QED) is 0.797. The topological polar surface area (TPSA) is 78.6 Å². The lowest BCUT2D eigenvalue weighted by Crippen LogP contribution is -2.40. The molecule has 1 aliphatic rings. The zero-order chi connectivity index (χ0) is 12.3. The van der Waals surface area contributed by atoms with Gasteiger partial charge in [0.25, 0.3) is 0 Å². The molecule has 0 atom stereocenters. The molecule has 17 heavy (non-hydrogen) atoms. The zero-order valence-electron chi connectivity index (χ0n) is 9.85. The molecule has 1 saturated heterocycles. The highest BCUT2D eigenvalue weighted by atomic mass is 16.5. The van der Waals surface area contributed by atoms with E-state index in [4.69, 9.17) is 4.52 Å². The van der Waals surface area contributed by atoms with Gasteiger partial charge < -0.3 is 14.9 Å². The van der Waals surface area contributed by atoms with Crippen molar-refractivity contribution in [3.05, 3.63) is 11.8 Å². The Morgan fingerprint density at radius 2 is 2.35 bits per heavy atom. The molecule has 2 rings (SSSR count). The Bertz CT molecular complexity index is 383. The van der Waals surface area contributed by atoms with Crippen molar-refractivity contribution in [1.29, 1.82) is 0 Å². The lowest BCUT2D eigenvalue weighted by molar-refractivity contribution is -0.117. The number of rotatable bonds is 3. The predicted octanol–water partition coefficient (Wildman–Crippen LogP) is 0.378. The Morgan fingerprint density at radius 1 is 1.65 bits per heavy atom. The number of hydrogen-bond acceptors (Lipinski definition) is 5. The van der Waals surface area contributed by atoms with Crippen molar-refractivity contribution in [3.63, 3.8) is 0 Å². The summed E-state index contributed by atoms with van der Waals surface area (Å²) >= 11 is 0. The highest BCUT2D eigenvalue weighted by molar-refractivity contribution is 5.91. The molecule has 94 valence electrons. The molecular formula is C11H17N3O3. The molecule has 1 aromatic rings. The third-order valence-electron chi connectivity index (χ3n) is 2.82. The second kappa shape index (κ2) is 5.29. The number of likely N-dealkylation sites (tertiary alicyclic amines) is 1. The van der Waals surface area contributed by atoms with Crippen LogP contribution in [0.5, 0.6) is 0 Å². The standard InChI is InChI=1S/C11H17N3O3/c1-8-6-10(13-17-8)12-11(16)7-14-4-2-9(15)3-5-14/h6,9,15H,2-5,7H2,1H3,(H,12,13,16). The van der Waals surface area contributed by atoms with E-state index < -0.39 is 0 Å². The smallest absolute Gasteiger partial charge is 0.239 e. The normalized spacial score (nSPS) is 18.2. The van der Waals surface area contributed by atoms with Gasteiger partial charge in [-0.15, -0.1) is 0 Å². The number of amides is 1. The average molecular weight is 239 g/mol. The van der Waals surface area contributed by atoms with Gasteiger partial charge in [-0.3, -0.25) is 9.69 Å². The molecule has 0 unspecified atom stereocenters. The summed E-state index contributed by atoms with van der Waals surface area (Å²) in [5.74, 6) is 1.01. The molecule has 6 heteroatoms. The van der Waals surface area contributed by atoms with Gasteiger partial charge in [0.15, 0.2) is 5.82 Å². The van der Waals surface area contributed by atoms with E-state index >= 15 is 0 Å². The monoisotopic (exact) mass is 239 g/mol. The van der Waals surface area contributed by atoms with Crippen LogP contribution in [-0.4, -0.2) is 46.8 Å². The second-order valence-corrected chi connectivity index (χ2v) is 4.38. The second-order valence-electron chi connectivity index (χ2n) is 4.38. The Morgan fingerprint density at radius 3 is 2.94 bits per heavy atom. The third-order valence-corrected chi connectivity index (χ3v) is 2.82. The molecule has 0 aliphatic carbocycles. The summed E-state index contributed by atoms with van der Waals surface area (Å²) in [6.07, 6.45) is 1.25. The van der Waals surface area contributed by atoms with Crippen molar-refractivity contribution >= 4 is 11.7 Å². The largest absolute Gasteiger partial charge is 0.393 e. The van der Waals surface area contributed by atoms with Gasteiger partial charge in [0.1, 0.15) is 5.76 Å². The van der Waals surface area contributed by atoms with Crippen molar-refractivity contribution in [3.8, 4) is 0 Å². The van der Waals surface area contributed by atoms with Crippen molar-refractivity contribution < 1.29 is 14.4 Å². The Labute approximate surface area is 99.6 Å². The minimum Gasteiger partial charge on any atom is -0.393 e. The van der Waals surface area contributed by atoms with Gasteiger partial charge in [0.2, 0.25) is 5.91 Å². The fourth-order valence-electron chi connectivity index (χ4n) is 1.89. The van der Waals surface area contributed by atoms with Crippen molar-refractivity contribution in [2.45, 2.75) is 25.9 Å². The van der Waals surface area contributed by atoms with Crippen LogP contribution in [0.4, 0.5) is 5.82 Å². The predicted molar refractivity (Wildman–Crippen MR) is 61.6 cm³/mol. The van der Waals surface area contributed by atoms with Crippen molar-refractivity contribution in [2.75, 3.05) is 25.0 Å². The summed E-state index contributed by atoms with van der Waals surface area (Å²) < 4.78 is 4.86. The lowest BCUT2D eigenvalue weighted by Gasteiger charge is -2.28. The van der Waals surface area contributed by atoms with Crippen LogP contribution in [0.15, 0.2) is 10.6 Å². The number of nitrogens with one attached hydrogen (secondary N) is 1. The van der Waals surface area contributed by atoms with Crippen LogP contribution in [0.1, 0.15) is 18.6 Å². The van der Waals surface area contributed by atoms with Gasteiger partial charge in [0, 0.05) is 19.2 Å². The molecule has 0 aromatic carbocycles. The maximum atomic E-state index is 11.7. The first-order chi connectivity index (χ1) is 8.13. The molecule has 1 aromatic heterocycles. The molecular weight excluding hydrogens is 222 g/mol. The number of aliphatic hydroxyl groups excluding tert-OH is 1. The maximum absolute atomic E-state index is 11.7. The number of carbonyl (C=O) groups is 1. The molecule has 0 radical (unpaired) electrons. The van der Waals surface area contributed by atoms with E-state index in [0.717, 1.165) is 25.9 Å². The third kappa shape index (κ3) is 3.54. The van der Waals surface area contributed by atoms with Crippen molar-refractivity contribution in [2.24, 2.45) is 0 Å². The molecule has 0 bridgehead atoms. The van der Waals surface area contributed by atoms with Gasteiger partial charge in [-0.05, 0) is 19.8 Å². The Hall–Kier alpha value is -1.40. The molecule has 0 spiro atoms. The molecule has 1 aliphatic heterocycles. The van der Waals surface area contributed by atoms with Gasteiger partial charge in [-0.2, -0.15) is 0 Å². The minimum absolute atomic E-state index is 0.102. The van der Waals surface area contributed by atoms with Crippen LogP contribution in [0.25, 0.3) is 0 Å². The number of anilines is 1. The molecule has 6 nitrogen and oxygen atoms in total. The minimum atomic E-state index is -0.215. The van der Waals surface area contributed by atoms with Crippen molar-refractivity contribution in [1.82, 2.24) is 10.1 Å². The van der Waals surface area contributed by atoms with Crippen LogP contribution < -0.4 is 5.32 Å².